The molecule has 0 fully saturated rings. The van der Waals surface area contributed by atoms with Crippen LogP contribution in [0, 0.1) is 18.2 Å². The van der Waals surface area contributed by atoms with E-state index in [4.69, 9.17) is 5.41 Å². The Morgan fingerprint density at radius 2 is 2.00 bits per heavy atom. The molecule has 77 valence electrons. The number of hydrogen-bond acceptors (Lipinski definition) is 1. The molecule has 0 unspecified atom stereocenters. The van der Waals surface area contributed by atoms with E-state index in [-0.39, 0.29) is 38.5 Å². The van der Waals surface area contributed by atoms with Gasteiger partial charge in [-0.25, -0.2) is 4.39 Å². The van der Waals surface area contributed by atoms with Crippen molar-refractivity contribution in [3.8, 4) is 0 Å². The molecule has 1 aromatic rings. The molecule has 0 heterocycles. The van der Waals surface area contributed by atoms with Crippen LogP contribution in [0.4, 0.5) is 4.39 Å². The molecule has 0 aliphatic heterocycles. The maximum atomic E-state index is 13.2. The summed E-state index contributed by atoms with van der Waals surface area (Å²) in [5, 5.41) is 11.0. The van der Waals surface area contributed by atoms with Crippen molar-refractivity contribution in [3.63, 3.8) is 0 Å². The molecule has 0 saturated carbocycles. The number of nitrogens with one attached hydrogen (secondary N) is 1. The Kier molecular flexibility index (Phi) is 6.61. The second-order valence-electron chi connectivity index (χ2n) is 2.95. The minimum atomic E-state index is -0.258. The molecule has 0 aromatic heterocycles. The zero-order valence-corrected chi connectivity index (χ0v) is 11.6. The predicted molar refractivity (Wildman–Crippen MR) is 57.3 cm³/mol. The molecule has 1 radical (unpaired) electrons. The van der Waals surface area contributed by atoms with Gasteiger partial charge in [0.15, 0.2) is 0 Å². The quantitative estimate of drug-likeness (QED) is 0.826. The van der Waals surface area contributed by atoms with Crippen molar-refractivity contribution in [1.82, 2.24) is 0 Å². The Balaban J connectivity index is 0.00000196. The summed E-state index contributed by atoms with van der Waals surface area (Å²) >= 11 is 0. The number of rotatable bonds is 3. The van der Waals surface area contributed by atoms with E-state index in [2.05, 4.69) is 5.32 Å². The minimum Gasteiger partial charge on any atom is -0.693 e. The SMILES string of the molecule is C[N-]/C=C/c1cc(F)c(C)cc1C=N.[Y]. The van der Waals surface area contributed by atoms with Gasteiger partial charge in [-0.3, -0.25) is 0 Å². The summed E-state index contributed by atoms with van der Waals surface area (Å²) in [4.78, 5) is 0. The van der Waals surface area contributed by atoms with E-state index in [1.807, 2.05) is 0 Å². The molecule has 1 aromatic carbocycles. The van der Waals surface area contributed by atoms with Gasteiger partial charge in [-0.2, -0.15) is 6.20 Å². The summed E-state index contributed by atoms with van der Waals surface area (Å²) in [5.74, 6) is -0.258. The van der Waals surface area contributed by atoms with Gasteiger partial charge in [-0.05, 0) is 35.7 Å². The van der Waals surface area contributed by atoms with Crippen molar-refractivity contribution in [2.75, 3.05) is 7.05 Å². The molecule has 0 atom stereocenters. The van der Waals surface area contributed by atoms with Gasteiger partial charge in [0, 0.05) is 38.9 Å². The molecule has 1 N–H and O–H groups in total. The van der Waals surface area contributed by atoms with E-state index < -0.39 is 0 Å². The molecule has 0 bridgehead atoms. The van der Waals surface area contributed by atoms with Gasteiger partial charge in [0.25, 0.3) is 0 Å². The average Bonchev–Trinajstić information content (AvgIpc) is 2.19. The van der Waals surface area contributed by atoms with E-state index in [1.54, 1.807) is 32.3 Å². The monoisotopic (exact) mass is 280 g/mol. The number of aryl methyl sites for hydroxylation is 1. The third kappa shape index (κ3) is 3.84. The van der Waals surface area contributed by atoms with Crippen molar-refractivity contribution in [3.05, 3.63) is 46.2 Å². The van der Waals surface area contributed by atoms with Crippen LogP contribution in [0.2, 0.25) is 0 Å². The summed E-state index contributed by atoms with van der Waals surface area (Å²) in [6.45, 7) is 1.68. The second-order valence-corrected chi connectivity index (χ2v) is 2.95. The third-order valence-electron chi connectivity index (χ3n) is 1.92. The van der Waals surface area contributed by atoms with Crippen molar-refractivity contribution < 1.29 is 37.1 Å². The van der Waals surface area contributed by atoms with Gasteiger partial charge >= 0.3 is 0 Å². The first-order chi connectivity index (χ1) is 6.69. The topological polar surface area (TPSA) is 38.0 Å². The maximum Gasteiger partial charge on any atom is 0.126 e. The predicted octanol–water partition coefficient (Wildman–Crippen LogP) is 3.10. The van der Waals surface area contributed by atoms with Gasteiger partial charge in [0.2, 0.25) is 0 Å². The van der Waals surface area contributed by atoms with Crippen LogP contribution >= 0.6 is 0 Å². The summed E-state index contributed by atoms with van der Waals surface area (Å²) in [6, 6.07) is 3.06. The number of hydrogen-bond donors (Lipinski definition) is 1. The van der Waals surface area contributed by atoms with Crippen LogP contribution in [0.25, 0.3) is 11.4 Å². The van der Waals surface area contributed by atoms with E-state index in [1.165, 1.54) is 12.3 Å². The normalized spacial score (nSPS) is 9.80. The average molecular weight is 280 g/mol. The molecule has 0 saturated heterocycles. The molecule has 0 aliphatic rings. The van der Waals surface area contributed by atoms with E-state index in [0.717, 1.165) is 0 Å². The molecular formula is C11H12FN2Y-. The molecule has 0 aliphatic carbocycles. The van der Waals surface area contributed by atoms with Crippen LogP contribution in [-0.2, 0) is 32.7 Å². The van der Waals surface area contributed by atoms with Crippen LogP contribution in [0.5, 0.6) is 0 Å². The second kappa shape index (κ2) is 6.86. The molecule has 0 spiro atoms. The molecule has 1 rings (SSSR count). The Morgan fingerprint density at radius 3 is 2.53 bits per heavy atom. The van der Waals surface area contributed by atoms with Gasteiger partial charge in [-0.15, -0.1) is 7.05 Å². The van der Waals surface area contributed by atoms with Crippen molar-refractivity contribution >= 4 is 12.3 Å². The Bertz CT molecular complexity index is 375. The van der Waals surface area contributed by atoms with E-state index >= 15 is 0 Å². The van der Waals surface area contributed by atoms with Gasteiger partial charge < -0.3 is 10.7 Å². The third-order valence-corrected chi connectivity index (χ3v) is 1.92. The smallest absolute Gasteiger partial charge is 0.126 e. The summed E-state index contributed by atoms with van der Waals surface area (Å²) in [7, 11) is 1.64. The Morgan fingerprint density at radius 1 is 1.33 bits per heavy atom. The first-order valence-corrected chi connectivity index (χ1v) is 4.25. The number of nitrogens with zero attached hydrogens (tertiary/aromatic N) is 1. The molecule has 4 heteroatoms. The van der Waals surface area contributed by atoms with Crippen LogP contribution in [0.3, 0.4) is 0 Å². The zero-order valence-electron chi connectivity index (χ0n) is 8.79. The number of benzene rings is 1. The first kappa shape index (κ1) is 14.5. The minimum absolute atomic E-state index is 0. The summed E-state index contributed by atoms with van der Waals surface area (Å²) in [6.07, 6.45) is 4.47. The molecule has 2 nitrogen and oxygen atoms in total. The Hall–Kier alpha value is -0.536. The maximum absolute atomic E-state index is 13.2. The molecular weight excluding hydrogens is 268 g/mol. The fourth-order valence-electron chi connectivity index (χ4n) is 1.14. The fourth-order valence-corrected chi connectivity index (χ4v) is 1.14. The zero-order chi connectivity index (χ0) is 10.6. The van der Waals surface area contributed by atoms with Crippen molar-refractivity contribution in [2.45, 2.75) is 6.92 Å². The van der Waals surface area contributed by atoms with Gasteiger partial charge in [0.05, 0.1) is 0 Å². The van der Waals surface area contributed by atoms with Crippen molar-refractivity contribution in [1.29, 1.82) is 5.41 Å². The Labute approximate surface area is 114 Å². The fraction of sp³-hybridized carbons (Fsp3) is 0.182. The van der Waals surface area contributed by atoms with Crippen LogP contribution in [-0.4, -0.2) is 13.3 Å². The van der Waals surface area contributed by atoms with Gasteiger partial charge in [-0.1, -0.05) is 6.08 Å². The first-order valence-electron chi connectivity index (χ1n) is 4.25. The van der Waals surface area contributed by atoms with E-state index in [0.29, 0.717) is 16.7 Å². The molecule has 0 amide bonds. The molecule has 15 heavy (non-hydrogen) atoms. The van der Waals surface area contributed by atoms with Gasteiger partial charge in [0.1, 0.15) is 5.82 Å². The number of halogens is 1. The van der Waals surface area contributed by atoms with Crippen LogP contribution in [0.15, 0.2) is 18.3 Å². The van der Waals surface area contributed by atoms with Crippen LogP contribution < -0.4 is 0 Å². The standard InChI is InChI=1S/C11H12FN2.Y/c1-8-5-10(7-13)9(3-4-14-2)6-11(8)12;/h3-7,13H,1-2H3;/q-1;/b4-3+,13-7?;. The largest absolute Gasteiger partial charge is 0.693 e. The van der Waals surface area contributed by atoms with E-state index in [9.17, 15) is 4.39 Å². The summed E-state index contributed by atoms with van der Waals surface area (Å²) < 4.78 is 13.2. The summed E-state index contributed by atoms with van der Waals surface area (Å²) in [5.41, 5.74) is 1.92. The van der Waals surface area contributed by atoms with Crippen molar-refractivity contribution in [2.24, 2.45) is 0 Å². The van der Waals surface area contributed by atoms with Crippen LogP contribution in [0.1, 0.15) is 16.7 Å².